The molecule has 0 aliphatic rings. The molecule has 0 fully saturated rings. The molecule has 0 spiro atoms. The van der Waals surface area contributed by atoms with Crippen LogP contribution >= 0.6 is 11.3 Å². The van der Waals surface area contributed by atoms with Crippen LogP contribution in [0.3, 0.4) is 0 Å². The van der Waals surface area contributed by atoms with Crippen molar-refractivity contribution in [1.29, 1.82) is 5.26 Å². The molecule has 2 aromatic rings. The molecule has 1 heterocycles. The summed E-state index contributed by atoms with van der Waals surface area (Å²) in [5, 5.41) is 17.7. The minimum atomic E-state index is -0.866. The van der Waals surface area contributed by atoms with E-state index in [9.17, 15) is 10.1 Å². The minimum Gasteiger partial charge on any atom is -0.337 e. The summed E-state index contributed by atoms with van der Waals surface area (Å²) in [5.74, 6) is 0.394. The first-order chi connectivity index (χ1) is 13.3. The molecular weight excluding hydrogens is 366 g/mol. The van der Waals surface area contributed by atoms with Gasteiger partial charge in [-0.05, 0) is 47.8 Å². The van der Waals surface area contributed by atoms with Crippen LogP contribution in [-0.2, 0) is 4.79 Å². The van der Waals surface area contributed by atoms with Crippen molar-refractivity contribution in [3.05, 3.63) is 57.8 Å². The fraction of sp³-hybridized carbons (Fsp3) is 0.478. The lowest BCUT2D eigenvalue weighted by Crippen LogP contribution is -2.51. The second kappa shape index (κ2) is 9.86. The van der Waals surface area contributed by atoms with Gasteiger partial charge in [-0.15, -0.1) is 11.3 Å². The van der Waals surface area contributed by atoms with Crippen molar-refractivity contribution >= 4 is 17.2 Å². The van der Waals surface area contributed by atoms with Gasteiger partial charge in [0.1, 0.15) is 5.54 Å². The zero-order chi connectivity index (χ0) is 20.7. The Morgan fingerprint density at radius 1 is 1.18 bits per heavy atom. The van der Waals surface area contributed by atoms with Crippen molar-refractivity contribution < 1.29 is 4.79 Å². The summed E-state index contributed by atoms with van der Waals surface area (Å²) in [5.41, 5.74) is 1.60. The topological polar surface area (TPSA) is 64.9 Å². The van der Waals surface area contributed by atoms with Gasteiger partial charge < -0.3 is 5.32 Å². The summed E-state index contributed by atoms with van der Waals surface area (Å²) >= 11 is 1.67. The molecule has 28 heavy (non-hydrogen) atoms. The Labute approximate surface area is 173 Å². The van der Waals surface area contributed by atoms with Crippen molar-refractivity contribution in [3.8, 4) is 6.07 Å². The molecule has 0 radical (unpaired) electrons. The molecule has 0 bridgehead atoms. The standard InChI is InChI=1S/C23H31N3OS/c1-6-17(4)18-9-11-19(12-10-18)22(20-8-7-13-28-20)25-14-21(27)26-23(5,15-24)16(2)3/h7-13,16-17,22,25H,6,14H2,1-5H3,(H,26,27)/t17-,22-,23-/m0/s1. The first-order valence-electron chi connectivity index (χ1n) is 9.89. The van der Waals surface area contributed by atoms with Gasteiger partial charge in [-0.25, -0.2) is 0 Å². The van der Waals surface area contributed by atoms with E-state index < -0.39 is 5.54 Å². The number of amides is 1. The van der Waals surface area contributed by atoms with Gasteiger partial charge in [-0.2, -0.15) is 5.26 Å². The van der Waals surface area contributed by atoms with Crippen LogP contribution in [-0.4, -0.2) is 18.0 Å². The molecule has 5 heteroatoms. The highest BCUT2D eigenvalue weighted by Crippen LogP contribution is 2.28. The lowest BCUT2D eigenvalue weighted by molar-refractivity contribution is -0.121. The van der Waals surface area contributed by atoms with E-state index in [1.54, 1.807) is 18.3 Å². The summed E-state index contributed by atoms with van der Waals surface area (Å²) in [6.45, 7) is 10.2. The van der Waals surface area contributed by atoms with Crippen LogP contribution in [0.25, 0.3) is 0 Å². The minimum absolute atomic E-state index is 0.0302. The van der Waals surface area contributed by atoms with E-state index >= 15 is 0 Å². The fourth-order valence-electron chi connectivity index (χ4n) is 2.92. The van der Waals surface area contributed by atoms with Gasteiger partial charge in [0.05, 0.1) is 18.7 Å². The number of nitrogens with zero attached hydrogens (tertiary/aromatic N) is 1. The Kier molecular flexibility index (Phi) is 7.79. The molecule has 1 aromatic heterocycles. The van der Waals surface area contributed by atoms with E-state index in [1.807, 2.05) is 25.3 Å². The number of nitrogens with one attached hydrogen (secondary N) is 2. The normalized spacial score (nSPS) is 15.5. The van der Waals surface area contributed by atoms with Gasteiger partial charge in [0, 0.05) is 4.88 Å². The lowest BCUT2D eigenvalue weighted by Gasteiger charge is -2.28. The van der Waals surface area contributed by atoms with Gasteiger partial charge in [0.15, 0.2) is 0 Å². The third-order valence-corrected chi connectivity index (χ3v) is 6.47. The number of benzene rings is 1. The molecular formula is C23H31N3OS. The maximum atomic E-state index is 12.5. The number of carbonyl (C=O) groups is 1. The average molecular weight is 398 g/mol. The Hall–Kier alpha value is -2.16. The van der Waals surface area contributed by atoms with Crippen molar-refractivity contribution in [2.24, 2.45) is 5.92 Å². The highest BCUT2D eigenvalue weighted by atomic mass is 32.1. The molecule has 3 atom stereocenters. The first kappa shape index (κ1) is 22.1. The molecule has 0 aliphatic carbocycles. The number of thiophene rings is 1. The van der Waals surface area contributed by atoms with Gasteiger partial charge >= 0.3 is 0 Å². The van der Waals surface area contributed by atoms with E-state index in [4.69, 9.17) is 0 Å². The van der Waals surface area contributed by atoms with Crippen LogP contribution in [0.1, 0.15) is 69.0 Å². The highest BCUT2D eigenvalue weighted by molar-refractivity contribution is 7.10. The maximum absolute atomic E-state index is 12.5. The van der Waals surface area contributed by atoms with E-state index in [1.165, 1.54) is 5.56 Å². The largest absolute Gasteiger partial charge is 0.337 e. The smallest absolute Gasteiger partial charge is 0.235 e. The Morgan fingerprint density at radius 2 is 1.82 bits per heavy atom. The predicted molar refractivity (Wildman–Crippen MR) is 116 cm³/mol. The van der Waals surface area contributed by atoms with Gasteiger partial charge in [0.2, 0.25) is 5.91 Å². The first-order valence-corrected chi connectivity index (χ1v) is 10.8. The fourth-order valence-corrected chi connectivity index (χ4v) is 3.75. The Bertz CT molecular complexity index is 792. The maximum Gasteiger partial charge on any atom is 0.235 e. The number of hydrogen-bond acceptors (Lipinski definition) is 4. The lowest BCUT2D eigenvalue weighted by atomic mass is 9.90. The Balaban J connectivity index is 2.13. The van der Waals surface area contributed by atoms with Gasteiger partial charge in [-0.1, -0.05) is 58.0 Å². The third-order valence-electron chi connectivity index (χ3n) is 5.53. The van der Waals surface area contributed by atoms with Crippen LogP contribution in [0.2, 0.25) is 0 Å². The molecule has 1 amide bonds. The van der Waals surface area contributed by atoms with Crippen LogP contribution in [0.15, 0.2) is 41.8 Å². The monoisotopic (exact) mass is 397 g/mol. The third kappa shape index (κ3) is 5.43. The molecule has 0 saturated heterocycles. The predicted octanol–water partition coefficient (Wildman–Crippen LogP) is 5.00. The van der Waals surface area contributed by atoms with Crippen molar-refractivity contribution in [2.45, 2.75) is 58.5 Å². The van der Waals surface area contributed by atoms with Gasteiger partial charge in [-0.3, -0.25) is 10.1 Å². The van der Waals surface area contributed by atoms with Crippen molar-refractivity contribution in [3.63, 3.8) is 0 Å². The van der Waals surface area contributed by atoms with Crippen LogP contribution in [0.4, 0.5) is 0 Å². The van der Waals surface area contributed by atoms with Crippen molar-refractivity contribution in [1.82, 2.24) is 10.6 Å². The molecule has 2 N–H and O–H groups in total. The zero-order valence-electron chi connectivity index (χ0n) is 17.5. The summed E-state index contributed by atoms with van der Waals surface area (Å²) in [6.07, 6.45) is 1.11. The molecule has 2 rings (SSSR count). The van der Waals surface area contributed by atoms with E-state index in [-0.39, 0.29) is 24.4 Å². The summed E-state index contributed by atoms with van der Waals surface area (Å²) in [6, 6.07) is 14.9. The van der Waals surface area contributed by atoms with Crippen molar-refractivity contribution in [2.75, 3.05) is 6.54 Å². The summed E-state index contributed by atoms with van der Waals surface area (Å²) in [4.78, 5) is 13.7. The zero-order valence-corrected chi connectivity index (χ0v) is 18.3. The van der Waals surface area contributed by atoms with Crippen LogP contribution in [0, 0.1) is 17.2 Å². The SMILES string of the molecule is CC[C@H](C)c1ccc([C@H](NCC(=O)N[C@@](C)(C#N)C(C)C)c2cccs2)cc1. The number of carbonyl (C=O) groups excluding carboxylic acids is 1. The number of rotatable bonds is 9. The second-order valence-corrected chi connectivity index (χ2v) is 8.80. The molecule has 150 valence electrons. The van der Waals surface area contributed by atoms with E-state index in [0.717, 1.165) is 16.9 Å². The second-order valence-electron chi connectivity index (χ2n) is 7.82. The quantitative estimate of drug-likeness (QED) is 0.626. The average Bonchev–Trinajstić information content (AvgIpc) is 3.22. The van der Waals surface area contributed by atoms with Crippen LogP contribution < -0.4 is 10.6 Å². The highest BCUT2D eigenvalue weighted by Gasteiger charge is 2.30. The van der Waals surface area contributed by atoms with Gasteiger partial charge in [0.25, 0.3) is 0 Å². The van der Waals surface area contributed by atoms with E-state index in [2.05, 4.69) is 60.9 Å². The molecule has 0 saturated carbocycles. The number of nitriles is 1. The van der Waals surface area contributed by atoms with Crippen LogP contribution in [0.5, 0.6) is 0 Å². The molecule has 4 nitrogen and oxygen atoms in total. The summed E-state index contributed by atoms with van der Waals surface area (Å²) in [7, 11) is 0. The molecule has 1 aromatic carbocycles. The number of hydrogen-bond donors (Lipinski definition) is 2. The van der Waals surface area contributed by atoms with E-state index in [0.29, 0.717) is 5.92 Å². The summed E-state index contributed by atoms with van der Waals surface area (Å²) < 4.78 is 0. The Morgan fingerprint density at radius 3 is 2.32 bits per heavy atom. The molecule has 0 aliphatic heterocycles. The molecule has 0 unspecified atom stereocenters.